The van der Waals surface area contributed by atoms with Gasteiger partial charge in [-0.1, -0.05) is 50.2 Å². The molecule has 2 saturated carbocycles. The van der Waals surface area contributed by atoms with Crippen LogP contribution in [0.15, 0.2) is 91.3 Å². The van der Waals surface area contributed by atoms with E-state index in [4.69, 9.17) is 9.47 Å². The number of hydrogen-bond donors (Lipinski definition) is 1. The zero-order valence-electron chi connectivity index (χ0n) is 32.6. The van der Waals surface area contributed by atoms with Gasteiger partial charge in [0.05, 0.1) is 18.9 Å². The van der Waals surface area contributed by atoms with E-state index >= 15 is 0 Å². The van der Waals surface area contributed by atoms with Crippen LogP contribution in [-0.4, -0.2) is 78.0 Å². The van der Waals surface area contributed by atoms with E-state index in [0.29, 0.717) is 52.4 Å². The lowest BCUT2D eigenvalue weighted by molar-refractivity contribution is -0.0672. The number of aldehydes is 1. The molecule has 0 radical (unpaired) electrons. The number of anilines is 1. The summed E-state index contributed by atoms with van der Waals surface area (Å²) in [6, 6.07) is 29.7. The summed E-state index contributed by atoms with van der Waals surface area (Å²) >= 11 is 0. The van der Waals surface area contributed by atoms with Crippen LogP contribution in [0.5, 0.6) is 17.2 Å². The molecule has 1 spiro atoms. The van der Waals surface area contributed by atoms with Gasteiger partial charge in [-0.2, -0.15) is 0 Å². The lowest BCUT2D eigenvalue weighted by atomic mass is 9.59. The number of benzene rings is 3. The number of piperidine rings is 1. The van der Waals surface area contributed by atoms with E-state index in [-0.39, 0.29) is 0 Å². The normalized spacial score (nSPS) is 23.3. The molecule has 2 aliphatic carbocycles. The topological polar surface area (TPSA) is 73.9 Å². The molecule has 4 heterocycles. The van der Waals surface area contributed by atoms with Crippen molar-refractivity contribution in [1.82, 2.24) is 19.8 Å². The molecular formula is C47H55N5O3. The maximum Gasteiger partial charge on any atom is 0.153 e. The van der Waals surface area contributed by atoms with Crippen molar-refractivity contribution in [2.75, 3.05) is 44.7 Å². The van der Waals surface area contributed by atoms with Crippen LogP contribution >= 0.6 is 0 Å². The average molecular weight is 738 g/mol. The van der Waals surface area contributed by atoms with Gasteiger partial charge < -0.3 is 19.4 Å². The molecule has 2 aromatic heterocycles. The third kappa shape index (κ3) is 7.15. The van der Waals surface area contributed by atoms with Crippen molar-refractivity contribution in [1.29, 1.82) is 0 Å². The van der Waals surface area contributed by atoms with Gasteiger partial charge in [-0.3, -0.25) is 14.6 Å². The van der Waals surface area contributed by atoms with E-state index in [1.54, 1.807) is 18.9 Å². The van der Waals surface area contributed by atoms with E-state index in [9.17, 15) is 4.79 Å². The van der Waals surface area contributed by atoms with Crippen LogP contribution in [0.3, 0.4) is 0 Å². The molecule has 8 heteroatoms. The minimum absolute atomic E-state index is 0.414. The largest absolute Gasteiger partial charge is 0.497 e. The van der Waals surface area contributed by atoms with Gasteiger partial charge in [0.2, 0.25) is 0 Å². The Labute approximate surface area is 325 Å². The Hall–Kier alpha value is -4.66. The Balaban J connectivity index is 0.864. The van der Waals surface area contributed by atoms with Crippen molar-refractivity contribution < 1.29 is 14.3 Å². The fourth-order valence-corrected chi connectivity index (χ4v) is 10.5. The number of hydrogen-bond acceptors (Lipinski definition) is 7. The van der Waals surface area contributed by atoms with Crippen molar-refractivity contribution >= 4 is 23.0 Å². The number of ether oxygens (including phenoxy) is 2. The van der Waals surface area contributed by atoms with Crippen LogP contribution in [0, 0.1) is 5.41 Å². The highest BCUT2D eigenvalue weighted by Crippen LogP contribution is 2.54. The monoisotopic (exact) mass is 737 g/mol. The van der Waals surface area contributed by atoms with Gasteiger partial charge in [0.15, 0.2) is 6.29 Å². The second-order valence-electron chi connectivity index (χ2n) is 17.0. The third-order valence-corrected chi connectivity index (χ3v) is 13.7. The number of piperazine rings is 1. The predicted molar refractivity (Wildman–Crippen MR) is 220 cm³/mol. The van der Waals surface area contributed by atoms with Gasteiger partial charge in [-0.15, -0.1) is 0 Å². The van der Waals surface area contributed by atoms with Crippen LogP contribution in [0.25, 0.3) is 11.0 Å². The molecule has 5 aromatic rings. The third-order valence-electron chi connectivity index (χ3n) is 13.7. The maximum atomic E-state index is 12.0. The number of H-pyrrole nitrogens is 1. The van der Waals surface area contributed by atoms with E-state index in [1.165, 1.54) is 56.1 Å². The van der Waals surface area contributed by atoms with Crippen LogP contribution in [0.4, 0.5) is 5.69 Å². The van der Waals surface area contributed by atoms with Crippen molar-refractivity contribution in [2.45, 2.75) is 88.8 Å². The van der Waals surface area contributed by atoms with Crippen molar-refractivity contribution in [3.8, 4) is 17.2 Å². The van der Waals surface area contributed by atoms with Gasteiger partial charge in [0, 0.05) is 74.2 Å². The first kappa shape index (κ1) is 36.0. The molecule has 55 heavy (non-hydrogen) atoms. The van der Waals surface area contributed by atoms with Crippen molar-refractivity contribution in [3.63, 3.8) is 0 Å². The van der Waals surface area contributed by atoms with Crippen molar-refractivity contribution in [2.24, 2.45) is 5.41 Å². The molecule has 3 aromatic carbocycles. The molecule has 2 saturated heterocycles. The van der Waals surface area contributed by atoms with Crippen LogP contribution in [-0.2, 0) is 0 Å². The number of fused-ring (bicyclic) bond motifs is 1. The summed E-state index contributed by atoms with van der Waals surface area (Å²) in [6.07, 6.45) is 13.2. The minimum Gasteiger partial charge on any atom is -0.497 e. The molecule has 1 N–H and O–H groups in total. The number of methoxy groups -OCH3 is 1. The SMILES string of the molecule is COc1ccc(C2CCC(N3CCN(C4CC5(CCN(c6ccc(C=O)c(Oc7cnc8[nH]ccc8c7)c6)CC5)C4)C(c4ccccc4C(C)C)C3)C2)cc1. The zero-order valence-corrected chi connectivity index (χ0v) is 32.6. The van der Waals surface area contributed by atoms with Gasteiger partial charge in [0.1, 0.15) is 22.9 Å². The summed E-state index contributed by atoms with van der Waals surface area (Å²) in [4.78, 5) is 27.8. The Kier molecular flexibility index (Phi) is 9.89. The molecule has 0 amide bonds. The molecule has 4 fully saturated rings. The van der Waals surface area contributed by atoms with E-state index in [1.807, 2.05) is 30.5 Å². The van der Waals surface area contributed by atoms with E-state index in [0.717, 1.165) is 61.5 Å². The zero-order chi connectivity index (χ0) is 37.5. The number of aromatic nitrogens is 2. The first-order valence-electron chi connectivity index (χ1n) is 20.6. The molecule has 3 atom stereocenters. The van der Waals surface area contributed by atoms with Crippen LogP contribution < -0.4 is 14.4 Å². The van der Waals surface area contributed by atoms with Gasteiger partial charge in [-0.05, 0) is 115 Å². The summed E-state index contributed by atoms with van der Waals surface area (Å²) < 4.78 is 11.7. The fourth-order valence-electron chi connectivity index (χ4n) is 10.5. The summed E-state index contributed by atoms with van der Waals surface area (Å²) in [5, 5.41) is 0.978. The van der Waals surface area contributed by atoms with Gasteiger partial charge in [0.25, 0.3) is 0 Å². The highest BCUT2D eigenvalue weighted by atomic mass is 16.5. The fraction of sp³-hybridized carbons (Fsp3) is 0.447. The highest BCUT2D eigenvalue weighted by molar-refractivity contribution is 5.81. The highest BCUT2D eigenvalue weighted by Gasteiger charge is 2.50. The van der Waals surface area contributed by atoms with Crippen LogP contribution in [0.1, 0.15) is 104 Å². The molecule has 286 valence electrons. The maximum absolute atomic E-state index is 12.0. The number of nitrogens with zero attached hydrogens (tertiary/aromatic N) is 4. The van der Waals surface area contributed by atoms with Crippen LogP contribution in [0.2, 0.25) is 0 Å². The number of carbonyl (C=O) groups excluding carboxylic acids is 1. The van der Waals surface area contributed by atoms with Gasteiger partial charge >= 0.3 is 0 Å². The Morgan fingerprint density at radius 3 is 2.49 bits per heavy atom. The first-order chi connectivity index (χ1) is 26.9. The number of carbonyl (C=O) groups is 1. The smallest absolute Gasteiger partial charge is 0.153 e. The van der Waals surface area contributed by atoms with E-state index in [2.05, 4.69) is 93.1 Å². The van der Waals surface area contributed by atoms with Crippen molar-refractivity contribution in [3.05, 3.63) is 114 Å². The number of nitrogens with one attached hydrogen (secondary N) is 1. The lowest BCUT2D eigenvalue weighted by Gasteiger charge is -2.58. The molecule has 3 unspecified atom stereocenters. The molecule has 0 bridgehead atoms. The number of rotatable bonds is 10. The molecule has 2 aliphatic heterocycles. The molecule has 8 nitrogen and oxygen atoms in total. The lowest BCUT2D eigenvalue weighted by Crippen LogP contribution is -2.60. The average Bonchev–Trinajstić information content (AvgIpc) is 3.90. The second kappa shape index (κ2) is 15.1. The Morgan fingerprint density at radius 2 is 1.71 bits per heavy atom. The summed E-state index contributed by atoms with van der Waals surface area (Å²) in [5.74, 6) is 3.28. The molecule has 4 aliphatic rings. The minimum atomic E-state index is 0.414. The number of pyridine rings is 1. The van der Waals surface area contributed by atoms with Gasteiger partial charge in [-0.25, -0.2) is 4.98 Å². The second-order valence-corrected chi connectivity index (χ2v) is 17.0. The first-order valence-corrected chi connectivity index (χ1v) is 20.6. The standard InChI is InChI=1S/C47H55N5O3/c1-32(2)42-6-4-5-7-43(42)44-30-51(37-12-8-34(24-37)33-10-14-40(54-3)15-11-33)22-23-52(44)39-27-47(28-39)17-20-50(21-18-47)38-13-9-36(31-53)45(26-38)55-41-25-35-16-19-48-46(35)49-29-41/h4-7,9-11,13-16,19,25-26,29,31-32,34,37,39,44H,8,12,17-18,20-24,27-28,30H2,1-3H3,(H,48,49). The summed E-state index contributed by atoms with van der Waals surface area (Å²) in [5.41, 5.74) is 7.41. The van der Waals surface area contributed by atoms with E-state index < -0.39 is 0 Å². The summed E-state index contributed by atoms with van der Waals surface area (Å²) in [7, 11) is 1.75. The Morgan fingerprint density at radius 1 is 0.891 bits per heavy atom. The Bertz CT molecular complexity index is 2110. The predicted octanol–water partition coefficient (Wildman–Crippen LogP) is 9.74. The molecule has 9 rings (SSSR count). The number of aromatic amines is 1. The molecular weight excluding hydrogens is 683 g/mol. The quantitative estimate of drug-likeness (QED) is 0.143. The summed E-state index contributed by atoms with van der Waals surface area (Å²) in [6.45, 7) is 10.2.